The average Bonchev–Trinajstić information content (AvgIpc) is 2.29. The van der Waals surface area contributed by atoms with E-state index in [-0.39, 0.29) is 0 Å². The predicted octanol–water partition coefficient (Wildman–Crippen LogP) is 2.30. The van der Waals surface area contributed by atoms with Crippen molar-refractivity contribution in [3.8, 4) is 0 Å². The first-order valence-electron chi connectivity index (χ1n) is 5.02. The number of hydrogen-bond acceptors (Lipinski definition) is 3. The molecule has 0 aliphatic carbocycles. The van der Waals surface area contributed by atoms with E-state index < -0.39 is 0 Å². The van der Waals surface area contributed by atoms with Gasteiger partial charge in [-0.15, -0.1) is 6.58 Å². The van der Waals surface area contributed by atoms with Gasteiger partial charge in [0.05, 0.1) is 5.56 Å². The number of aldehydes is 1. The standard InChI is InChI=1S/C12H16N2O/c1-3-4-5-9-14(2)12-11(10-15)7-6-8-13-12/h3,6-8,10H,1,4-5,9H2,2H3. The van der Waals surface area contributed by atoms with Crippen molar-refractivity contribution in [1.29, 1.82) is 0 Å². The van der Waals surface area contributed by atoms with Crippen LogP contribution in [0.3, 0.4) is 0 Å². The number of anilines is 1. The van der Waals surface area contributed by atoms with Crippen LogP contribution in [0.5, 0.6) is 0 Å². The summed E-state index contributed by atoms with van der Waals surface area (Å²) in [6, 6.07) is 3.55. The summed E-state index contributed by atoms with van der Waals surface area (Å²) in [5.41, 5.74) is 0.638. The third-order valence-electron chi connectivity index (χ3n) is 2.21. The van der Waals surface area contributed by atoms with Crippen LogP contribution in [0.15, 0.2) is 31.0 Å². The highest BCUT2D eigenvalue weighted by atomic mass is 16.1. The molecule has 0 bridgehead atoms. The Morgan fingerprint density at radius 2 is 2.40 bits per heavy atom. The zero-order valence-corrected chi connectivity index (χ0v) is 9.02. The smallest absolute Gasteiger partial charge is 0.153 e. The number of unbranched alkanes of at least 4 members (excludes halogenated alkanes) is 1. The second kappa shape index (κ2) is 5.96. The fraction of sp³-hybridized carbons (Fsp3) is 0.333. The molecule has 0 amide bonds. The van der Waals surface area contributed by atoms with E-state index in [4.69, 9.17) is 0 Å². The van der Waals surface area contributed by atoms with Crippen LogP contribution >= 0.6 is 0 Å². The molecule has 0 saturated heterocycles. The fourth-order valence-corrected chi connectivity index (χ4v) is 1.40. The average molecular weight is 204 g/mol. The van der Waals surface area contributed by atoms with E-state index in [1.807, 2.05) is 18.0 Å². The summed E-state index contributed by atoms with van der Waals surface area (Å²) in [5, 5.41) is 0. The fourth-order valence-electron chi connectivity index (χ4n) is 1.40. The second-order valence-corrected chi connectivity index (χ2v) is 3.39. The molecule has 0 unspecified atom stereocenters. The van der Waals surface area contributed by atoms with Crippen LogP contribution in [0.4, 0.5) is 5.82 Å². The Labute approximate surface area is 90.4 Å². The molecular formula is C12H16N2O. The van der Waals surface area contributed by atoms with Gasteiger partial charge in [-0.25, -0.2) is 4.98 Å². The molecule has 1 heterocycles. The highest BCUT2D eigenvalue weighted by molar-refractivity contribution is 5.82. The molecule has 0 saturated carbocycles. The molecule has 0 aromatic carbocycles. The van der Waals surface area contributed by atoms with Crippen LogP contribution in [0.25, 0.3) is 0 Å². The lowest BCUT2D eigenvalue weighted by atomic mass is 10.2. The Morgan fingerprint density at radius 1 is 1.60 bits per heavy atom. The highest BCUT2D eigenvalue weighted by Crippen LogP contribution is 2.13. The molecule has 0 radical (unpaired) electrons. The van der Waals surface area contributed by atoms with Crippen molar-refractivity contribution in [3.63, 3.8) is 0 Å². The summed E-state index contributed by atoms with van der Waals surface area (Å²) in [6.45, 7) is 4.55. The van der Waals surface area contributed by atoms with E-state index in [0.717, 1.165) is 31.5 Å². The van der Waals surface area contributed by atoms with Crippen molar-refractivity contribution in [1.82, 2.24) is 4.98 Å². The van der Waals surface area contributed by atoms with Gasteiger partial charge < -0.3 is 4.90 Å². The minimum atomic E-state index is 0.638. The summed E-state index contributed by atoms with van der Waals surface area (Å²) in [5.74, 6) is 0.747. The molecule has 80 valence electrons. The van der Waals surface area contributed by atoms with Gasteiger partial charge in [-0.05, 0) is 25.0 Å². The molecule has 3 nitrogen and oxygen atoms in total. The highest BCUT2D eigenvalue weighted by Gasteiger charge is 2.06. The van der Waals surface area contributed by atoms with Crippen LogP contribution in [0, 0.1) is 0 Å². The number of carbonyl (C=O) groups excluding carboxylic acids is 1. The summed E-state index contributed by atoms with van der Waals surface area (Å²) in [6.07, 6.45) is 6.44. The normalized spacial score (nSPS) is 9.67. The number of nitrogens with zero attached hydrogens (tertiary/aromatic N) is 2. The second-order valence-electron chi connectivity index (χ2n) is 3.39. The lowest BCUT2D eigenvalue weighted by Crippen LogP contribution is -2.20. The van der Waals surface area contributed by atoms with Crippen molar-refractivity contribution >= 4 is 12.1 Å². The first-order chi connectivity index (χ1) is 7.29. The predicted molar refractivity (Wildman–Crippen MR) is 62.3 cm³/mol. The number of rotatable bonds is 6. The molecular weight excluding hydrogens is 188 g/mol. The molecule has 0 aliphatic rings. The van der Waals surface area contributed by atoms with Gasteiger partial charge >= 0.3 is 0 Å². The van der Waals surface area contributed by atoms with Crippen molar-refractivity contribution in [2.24, 2.45) is 0 Å². The van der Waals surface area contributed by atoms with Crippen molar-refractivity contribution in [2.75, 3.05) is 18.5 Å². The van der Waals surface area contributed by atoms with Gasteiger partial charge in [-0.3, -0.25) is 4.79 Å². The van der Waals surface area contributed by atoms with Gasteiger partial charge in [0.25, 0.3) is 0 Å². The lowest BCUT2D eigenvalue weighted by Gasteiger charge is -2.18. The topological polar surface area (TPSA) is 33.2 Å². The molecule has 1 aromatic heterocycles. The molecule has 0 aliphatic heterocycles. The van der Waals surface area contributed by atoms with E-state index in [0.29, 0.717) is 5.56 Å². The van der Waals surface area contributed by atoms with Gasteiger partial charge in [0, 0.05) is 19.8 Å². The minimum absolute atomic E-state index is 0.638. The zero-order valence-electron chi connectivity index (χ0n) is 9.02. The SMILES string of the molecule is C=CCCCN(C)c1ncccc1C=O. The summed E-state index contributed by atoms with van der Waals surface area (Å²) in [7, 11) is 1.94. The molecule has 1 rings (SSSR count). The maximum absolute atomic E-state index is 10.8. The number of hydrogen-bond donors (Lipinski definition) is 0. The molecule has 3 heteroatoms. The van der Waals surface area contributed by atoms with Gasteiger partial charge in [0.2, 0.25) is 0 Å². The van der Waals surface area contributed by atoms with Gasteiger partial charge in [-0.2, -0.15) is 0 Å². The monoisotopic (exact) mass is 204 g/mol. The maximum atomic E-state index is 10.8. The number of aromatic nitrogens is 1. The van der Waals surface area contributed by atoms with E-state index in [1.54, 1.807) is 18.3 Å². The van der Waals surface area contributed by atoms with Crippen LogP contribution in [-0.2, 0) is 0 Å². The maximum Gasteiger partial charge on any atom is 0.153 e. The van der Waals surface area contributed by atoms with Crippen LogP contribution in [-0.4, -0.2) is 24.9 Å². The van der Waals surface area contributed by atoms with Gasteiger partial charge in [0.15, 0.2) is 6.29 Å². The number of allylic oxidation sites excluding steroid dienone is 1. The Bertz CT molecular complexity index is 336. The van der Waals surface area contributed by atoms with Gasteiger partial charge in [0.1, 0.15) is 5.82 Å². The largest absolute Gasteiger partial charge is 0.359 e. The Morgan fingerprint density at radius 3 is 3.07 bits per heavy atom. The third-order valence-corrected chi connectivity index (χ3v) is 2.21. The molecule has 0 atom stereocenters. The van der Waals surface area contributed by atoms with Crippen molar-refractivity contribution in [2.45, 2.75) is 12.8 Å². The third kappa shape index (κ3) is 3.20. The van der Waals surface area contributed by atoms with Crippen LogP contribution < -0.4 is 4.90 Å². The molecule has 0 fully saturated rings. The minimum Gasteiger partial charge on any atom is -0.359 e. The molecule has 0 spiro atoms. The summed E-state index contributed by atoms with van der Waals surface area (Å²) >= 11 is 0. The Hall–Kier alpha value is -1.64. The van der Waals surface area contributed by atoms with Gasteiger partial charge in [-0.1, -0.05) is 6.08 Å². The Balaban J connectivity index is 2.67. The summed E-state index contributed by atoms with van der Waals surface area (Å²) < 4.78 is 0. The summed E-state index contributed by atoms with van der Waals surface area (Å²) in [4.78, 5) is 17.0. The molecule has 0 N–H and O–H groups in total. The van der Waals surface area contributed by atoms with Crippen molar-refractivity contribution in [3.05, 3.63) is 36.5 Å². The zero-order chi connectivity index (χ0) is 11.1. The first-order valence-corrected chi connectivity index (χ1v) is 5.02. The van der Waals surface area contributed by atoms with Crippen LogP contribution in [0.1, 0.15) is 23.2 Å². The van der Waals surface area contributed by atoms with E-state index in [2.05, 4.69) is 11.6 Å². The number of pyridine rings is 1. The lowest BCUT2D eigenvalue weighted by molar-refractivity contribution is 0.112. The van der Waals surface area contributed by atoms with E-state index in [9.17, 15) is 4.79 Å². The molecule has 15 heavy (non-hydrogen) atoms. The van der Waals surface area contributed by atoms with E-state index >= 15 is 0 Å². The Kier molecular flexibility index (Phi) is 4.54. The van der Waals surface area contributed by atoms with Crippen molar-refractivity contribution < 1.29 is 4.79 Å². The molecule has 1 aromatic rings. The van der Waals surface area contributed by atoms with E-state index in [1.165, 1.54) is 0 Å². The van der Waals surface area contributed by atoms with Crippen LogP contribution in [0.2, 0.25) is 0 Å². The first kappa shape index (κ1) is 11.4. The quantitative estimate of drug-likeness (QED) is 0.405. The number of carbonyl (C=O) groups is 1.